The Hall–Kier alpha value is -1.58. The van der Waals surface area contributed by atoms with E-state index in [1.807, 2.05) is 18.4 Å². The maximum absolute atomic E-state index is 6.39. The first kappa shape index (κ1) is 14.4. The summed E-state index contributed by atoms with van der Waals surface area (Å²) in [5.74, 6) is 1.03. The van der Waals surface area contributed by atoms with Gasteiger partial charge >= 0.3 is 0 Å². The first-order valence-electron chi connectivity index (χ1n) is 7.44. The van der Waals surface area contributed by atoms with Crippen molar-refractivity contribution in [2.45, 2.75) is 25.9 Å². The van der Waals surface area contributed by atoms with Gasteiger partial charge in [0.25, 0.3) is 0 Å². The summed E-state index contributed by atoms with van der Waals surface area (Å²) < 4.78 is 6.39. The third kappa shape index (κ3) is 3.20. The van der Waals surface area contributed by atoms with E-state index < -0.39 is 0 Å². The van der Waals surface area contributed by atoms with E-state index in [0.29, 0.717) is 0 Å². The van der Waals surface area contributed by atoms with Crippen LogP contribution in [0.4, 0.5) is 0 Å². The lowest BCUT2D eigenvalue weighted by molar-refractivity contribution is 0.197. The number of rotatable bonds is 6. The van der Waals surface area contributed by atoms with Gasteiger partial charge in [-0.1, -0.05) is 24.3 Å². The summed E-state index contributed by atoms with van der Waals surface area (Å²) in [6.45, 7) is 3.10. The maximum atomic E-state index is 6.39. The monoisotopic (exact) mass is 299 g/mol. The van der Waals surface area contributed by atoms with Crippen LogP contribution in [0.1, 0.15) is 33.4 Å². The second kappa shape index (κ2) is 6.46. The van der Waals surface area contributed by atoms with Gasteiger partial charge in [-0.25, -0.2) is 0 Å². The van der Waals surface area contributed by atoms with Gasteiger partial charge in [-0.2, -0.15) is 0 Å². The van der Waals surface area contributed by atoms with Crippen molar-refractivity contribution < 1.29 is 4.74 Å². The van der Waals surface area contributed by atoms with Gasteiger partial charge in [-0.3, -0.25) is 0 Å². The number of aryl methyl sites for hydroxylation is 1. The van der Waals surface area contributed by atoms with Crippen molar-refractivity contribution in [1.29, 1.82) is 0 Å². The number of hydrogen-bond acceptors (Lipinski definition) is 3. The fraction of sp³-hybridized carbons (Fsp3) is 0.333. The van der Waals surface area contributed by atoms with Crippen LogP contribution in [0.2, 0.25) is 0 Å². The number of fused-ring (bicyclic) bond motifs is 1. The molecule has 2 nitrogen and oxygen atoms in total. The predicted molar refractivity (Wildman–Crippen MR) is 90.1 cm³/mol. The zero-order valence-corrected chi connectivity index (χ0v) is 13.4. The summed E-state index contributed by atoms with van der Waals surface area (Å²) >= 11 is 1.83. The minimum Gasteiger partial charge on any atom is -0.485 e. The van der Waals surface area contributed by atoms with E-state index in [4.69, 9.17) is 4.74 Å². The Balaban J connectivity index is 1.83. The molecule has 1 aromatic heterocycles. The van der Waals surface area contributed by atoms with Crippen LogP contribution in [-0.2, 0) is 6.42 Å². The van der Waals surface area contributed by atoms with Crippen LogP contribution < -0.4 is 10.1 Å². The molecule has 0 aliphatic heterocycles. The van der Waals surface area contributed by atoms with Gasteiger partial charge in [0.1, 0.15) is 11.9 Å². The summed E-state index contributed by atoms with van der Waals surface area (Å²) in [7, 11) is 1.99. The first-order chi connectivity index (χ1) is 10.3. The smallest absolute Gasteiger partial charge is 0.134 e. The highest BCUT2D eigenvalue weighted by Crippen LogP contribution is 2.34. The lowest BCUT2D eigenvalue weighted by Crippen LogP contribution is -2.16. The summed E-state index contributed by atoms with van der Waals surface area (Å²) in [6.07, 6.45) is 6.47. The van der Waals surface area contributed by atoms with Crippen LogP contribution in [0.5, 0.6) is 5.75 Å². The van der Waals surface area contributed by atoms with E-state index in [9.17, 15) is 0 Å². The molecule has 2 aromatic rings. The molecule has 0 bridgehead atoms. The quantitative estimate of drug-likeness (QED) is 0.856. The van der Waals surface area contributed by atoms with E-state index in [0.717, 1.165) is 25.1 Å². The standard InChI is InChI=1S/C18H21NOS/c1-13-9-10-18(21-13)17(11-12-19-2)20-16-8-4-6-14-5-3-7-15(14)16/h3-6,8-10,17,19H,7,11-12H2,1-2H3/t17-/m0/s1. The van der Waals surface area contributed by atoms with Crippen LogP contribution in [0.3, 0.4) is 0 Å². The summed E-state index contributed by atoms with van der Waals surface area (Å²) in [5.41, 5.74) is 2.61. The maximum Gasteiger partial charge on any atom is 0.134 e. The average molecular weight is 299 g/mol. The lowest BCUT2D eigenvalue weighted by Gasteiger charge is -2.20. The number of nitrogens with one attached hydrogen (secondary N) is 1. The molecule has 1 N–H and O–H groups in total. The molecule has 1 aliphatic rings. The number of allylic oxidation sites excluding steroid dienone is 1. The Morgan fingerprint density at radius 3 is 2.95 bits per heavy atom. The Morgan fingerprint density at radius 2 is 2.19 bits per heavy atom. The van der Waals surface area contributed by atoms with Gasteiger partial charge in [0.05, 0.1) is 0 Å². The summed E-state index contributed by atoms with van der Waals surface area (Å²) in [4.78, 5) is 2.65. The minimum absolute atomic E-state index is 0.128. The van der Waals surface area contributed by atoms with E-state index >= 15 is 0 Å². The van der Waals surface area contributed by atoms with Crippen molar-refractivity contribution in [3.05, 3.63) is 57.3 Å². The van der Waals surface area contributed by atoms with Crippen LogP contribution in [-0.4, -0.2) is 13.6 Å². The van der Waals surface area contributed by atoms with Crippen molar-refractivity contribution in [2.24, 2.45) is 0 Å². The Bertz CT molecular complexity index is 644. The van der Waals surface area contributed by atoms with Crippen molar-refractivity contribution in [3.63, 3.8) is 0 Å². The van der Waals surface area contributed by atoms with E-state index in [1.54, 1.807) is 0 Å². The first-order valence-corrected chi connectivity index (χ1v) is 8.25. The molecule has 0 amide bonds. The third-order valence-electron chi connectivity index (χ3n) is 3.79. The molecule has 0 fully saturated rings. The fourth-order valence-corrected chi connectivity index (χ4v) is 3.63. The molecule has 1 atom stereocenters. The van der Waals surface area contributed by atoms with Crippen LogP contribution >= 0.6 is 11.3 Å². The Labute approximate surface area is 130 Å². The van der Waals surface area contributed by atoms with E-state index in [-0.39, 0.29) is 6.10 Å². The van der Waals surface area contributed by atoms with Gasteiger partial charge in [0, 0.05) is 21.7 Å². The number of benzene rings is 1. The largest absolute Gasteiger partial charge is 0.485 e. The Kier molecular flexibility index (Phi) is 4.42. The van der Waals surface area contributed by atoms with Gasteiger partial charge < -0.3 is 10.1 Å². The molecule has 1 heterocycles. The third-order valence-corrected chi connectivity index (χ3v) is 4.89. The highest BCUT2D eigenvalue weighted by atomic mass is 32.1. The Morgan fingerprint density at radius 1 is 1.29 bits per heavy atom. The molecule has 110 valence electrons. The van der Waals surface area contributed by atoms with Crippen LogP contribution in [0.25, 0.3) is 6.08 Å². The molecule has 0 spiro atoms. The van der Waals surface area contributed by atoms with Crippen LogP contribution in [0, 0.1) is 6.92 Å². The number of thiophene rings is 1. The van der Waals surface area contributed by atoms with Crippen molar-refractivity contribution in [1.82, 2.24) is 5.32 Å². The highest BCUT2D eigenvalue weighted by Gasteiger charge is 2.18. The molecular weight excluding hydrogens is 278 g/mol. The zero-order valence-electron chi connectivity index (χ0n) is 12.6. The SMILES string of the molecule is CNCC[C@H](Oc1cccc2c1CC=C2)c1ccc(C)s1. The molecular formula is C18H21NOS. The second-order valence-electron chi connectivity index (χ2n) is 5.38. The van der Waals surface area contributed by atoms with E-state index in [1.165, 1.54) is 20.9 Å². The van der Waals surface area contributed by atoms with Gasteiger partial charge in [-0.05, 0) is 50.7 Å². The van der Waals surface area contributed by atoms with Gasteiger partial charge in [0.2, 0.25) is 0 Å². The van der Waals surface area contributed by atoms with Gasteiger partial charge in [-0.15, -0.1) is 11.3 Å². The number of ether oxygens (including phenoxy) is 1. The highest BCUT2D eigenvalue weighted by molar-refractivity contribution is 7.12. The fourth-order valence-electron chi connectivity index (χ4n) is 2.69. The lowest BCUT2D eigenvalue weighted by atomic mass is 10.1. The predicted octanol–water partition coefficient (Wildman–Crippen LogP) is 4.36. The molecule has 1 aromatic carbocycles. The topological polar surface area (TPSA) is 21.3 Å². The molecule has 1 aliphatic carbocycles. The molecule has 21 heavy (non-hydrogen) atoms. The van der Waals surface area contributed by atoms with E-state index in [2.05, 4.69) is 54.7 Å². The summed E-state index contributed by atoms with van der Waals surface area (Å²) in [5, 5.41) is 3.23. The minimum atomic E-state index is 0.128. The average Bonchev–Trinajstić information content (AvgIpc) is 3.12. The molecule has 0 unspecified atom stereocenters. The van der Waals surface area contributed by atoms with Crippen molar-refractivity contribution in [3.8, 4) is 5.75 Å². The summed E-state index contributed by atoms with van der Waals surface area (Å²) in [6, 6.07) is 10.7. The van der Waals surface area contributed by atoms with Crippen LogP contribution in [0.15, 0.2) is 36.4 Å². The second-order valence-corrected chi connectivity index (χ2v) is 6.70. The normalized spacial score (nSPS) is 14.2. The zero-order chi connectivity index (χ0) is 14.7. The number of hydrogen-bond donors (Lipinski definition) is 1. The molecule has 3 heteroatoms. The molecule has 3 rings (SSSR count). The van der Waals surface area contributed by atoms with Crippen molar-refractivity contribution in [2.75, 3.05) is 13.6 Å². The molecule has 0 saturated carbocycles. The van der Waals surface area contributed by atoms with Crippen molar-refractivity contribution >= 4 is 17.4 Å². The van der Waals surface area contributed by atoms with Gasteiger partial charge in [0.15, 0.2) is 0 Å². The molecule has 0 radical (unpaired) electrons. The molecule has 0 saturated heterocycles.